The first-order valence-corrected chi connectivity index (χ1v) is 3.99. The highest BCUT2D eigenvalue weighted by molar-refractivity contribution is 5.85. The predicted octanol–water partition coefficient (Wildman–Crippen LogP) is 3.04. The highest BCUT2D eigenvalue weighted by Gasteiger charge is 2.16. The number of halogens is 5. The fourth-order valence-corrected chi connectivity index (χ4v) is 1.12. The fraction of sp³-hybridized carbons (Fsp3) is 0.333. The highest BCUT2D eigenvalue weighted by atomic mass is 35.5. The van der Waals surface area contributed by atoms with Crippen molar-refractivity contribution in [2.75, 3.05) is 0 Å². The van der Waals surface area contributed by atoms with Crippen LogP contribution in [0.4, 0.5) is 17.6 Å². The van der Waals surface area contributed by atoms with Gasteiger partial charge in [-0.05, 0) is 18.2 Å². The summed E-state index contributed by atoms with van der Waals surface area (Å²) in [6.45, 7) is 0. The summed E-state index contributed by atoms with van der Waals surface area (Å²) in [5.41, 5.74) is 5.06. The van der Waals surface area contributed by atoms with Gasteiger partial charge in [-0.15, -0.1) is 12.4 Å². The van der Waals surface area contributed by atoms with Crippen LogP contribution in [0.15, 0.2) is 18.2 Å². The Balaban J connectivity index is 0.00000196. The Morgan fingerprint density at radius 2 is 1.80 bits per heavy atom. The van der Waals surface area contributed by atoms with Gasteiger partial charge in [-0.3, -0.25) is 0 Å². The molecule has 1 rings (SSSR count). The van der Waals surface area contributed by atoms with Crippen molar-refractivity contribution < 1.29 is 17.6 Å². The minimum absolute atomic E-state index is 0. The molecule has 0 aromatic heterocycles. The molecule has 0 fully saturated rings. The van der Waals surface area contributed by atoms with E-state index >= 15 is 0 Å². The largest absolute Gasteiger partial charge is 0.324 e. The maximum absolute atomic E-state index is 13.0. The lowest BCUT2D eigenvalue weighted by Gasteiger charge is -2.12. The number of hydrogen-bond donors (Lipinski definition) is 1. The Bertz CT molecular complexity index is 319. The zero-order chi connectivity index (χ0) is 10.7. The van der Waals surface area contributed by atoms with E-state index in [4.69, 9.17) is 5.73 Å². The van der Waals surface area contributed by atoms with Gasteiger partial charge in [0.15, 0.2) is 0 Å². The molecule has 0 bridgehead atoms. The Kier molecular flexibility index (Phi) is 5.60. The Morgan fingerprint density at radius 3 is 2.33 bits per heavy atom. The zero-order valence-electron chi connectivity index (χ0n) is 7.59. The van der Waals surface area contributed by atoms with Gasteiger partial charge in [-0.2, -0.15) is 0 Å². The molecule has 1 nitrogen and oxygen atoms in total. The van der Waals surface area contributed by atoms with Crippen LogP contribution in [0.3, 0.4) is 0 Å². The second-order valence-electron chi connectivity index (χ2n) is 2.90. The molecule has 2 N–H and O–H groups in total. The summed E-state index contributed by atoms with van der Waals surface area (Å²) < 4.78 is 49.4. The van der Waals surface area contributed by atoms with Crippen LogP contribution in [0.1, 0.15) is 18.0 Å². The summed E-state index contributed by atoms with van der Waals surface area (Å²) in [5.74, 6) is -1.45. The normalized spacial score (nSPS) is 12.4. The van der Waals surface area contributed by atoms with Crippen molar-refractivity contribution >= 4 is 12.4 Å². The van der Waals surface area contributed by atoms with E-state index < -0.39 is 30.5 Å². The molecule has 86 valence electrons. The van der Waals surface area contributed by atoms with E-state index in [-0.39, 0.29) is 18.0 Å². The molecule has 6 heteroatoms. The third-order valence-electron chi connectivity index (χ3n) is 1.79. The first kappa shape index (κ1) is 14.2. The average molecular weight is 244 g/mol. The SMILES string of the molecule is Cl.N[C@@H](CC(F)F)c1cc(F)ccc1F. The van der Waals surface area contributed by atoms with Crippen molar-refractivity contribution in [3.05, 3.63) is 35.4 Å². The van der Waals surface area contributed by atoms with Gasteiger partial charge in [0.05, 0.1) is 0 Å². The molecular formula is C9H10ClF4N. The molecule has 0 unspecified atom stereocenters. The van der Waals surface area contributed by atoms with Crippen LogP contribution in [0, 0.1) is 11.6 Å². The fourth-order valence-electron chi connectivity index (χ4n) is 1.12. The van der Waals surface area contributed by atoms with E-state index in [0.717, 1.165) is 18.2 Å². The molecule has 0 heterocycles. The molecule has 0 aliphatic carbocycles. The van der Waals surface area contributed by atoms with Crippen molar-refractivity contribution in [2.24, 2.45) is 5.73 Å². The maximum atomic E-state index is 13.0. The molecule has 1 aromatic rings. The quantitative estimate of drug-likeness (QED) is 0.812. The molecule has 0 saturated carbocycles. The van der Waals surface area contributed by atoms with Crippen molar-refractivity contribution in [3.8, 4) is 0 Å². The molecule has 0 radical (unpaired) electrons. The van der Waals surface area contributed by atoms with E-state index in [0.29, 0.717) is 0 Å². The summed E-state index contributed by atoms with van der Waals surface area (Å²) in [5, 5.41) is 0. The lowest BCUT2D eigenvalue weighted by atomic mass is 10.0. The number of benzene rings is 1. The molecule has 0 aliphatic heterocycles. The second kappa shape index (κ2) is 5.92. The number of nitrogens with two attached hydrogens (primary N) is 1. The lowest BCUT2D eigenvalue weighted by Crippen LogP contribution is -2.15. The van der Waals surface area contributed by atoms with Crippen molar-refractivity contribution in [1.29, 1.82) is 0 Å². The van der Waals surface area contributed by atoms with Gasteiger partial charge in [0, 0.05) is 18.0 Å². The minimum atomic E-state index is -2.63. The topological polar surface area (TPSA) is 26.0 Å². The summed E-state index contributed by atoms with van der Waals surface area (Å²) in [6.07, 6.45) is -3.31. The second-order valence-corrected chi connectivity index (χ2v) is 2.90. The van der Waals surface area contributed by atoms with Crippen LogP contribution in [-0.4, -0.2) is 6.43 Å². The van der Waals surface area contributed by atoms with Gasteiger partial charge >= 0.3 is 0 Å². The smallest absolute Gasteiger partial charge is 0.240 e. The first-order valence-electron chi connectivity index (χ1n) is 3.99. The molecule has 0 saturated heterocycles. The number of alkyl halides is 2. The van der Waals surface area contributed by atoms with Crippen LogP contribution >= 0.6 is 12.4 Å². The van der Waals surface area contributed by atoms with Crippen LogP contribution in [0.25, 0.3) is 0 Å². The summed E-state index contributed by atoms with van der Waals surface area (Å²) in [4.78, 5) is 0. The average Bonchev–Trinajstić information content (AvgIpc) is 2.08. The monoisotopic (exact) mass is 243 g/mol. The summed E-state index contributed by atoms with van der Waals surface area (Å²) >= 11 is 0. The first-order chi connectivity index (χ1) is 6.50. The van der Waals surface area contributed by atoms with Gasteiger partial charge in [-0.1, -0.05) is 0 Å². The van der Waals surface area contributed by atoms with E-state index in [2.05, 4.69) is 0 Å². The van der Waals surface area contributed by atoms with E-state index in [1.807, 2.05) is 0 Å². The van der Waals surface area contributed by atoms with Gasteiger partial charge in [0.25, 0.3) is 0 Å². The van der Waals surface area contributed by atoms with Gasteiger partial charge in [0.1, 0.15) is 11.6 Å². The van der Waals surface area contributed by atoms with Crippen LogP contribution in [-0.2, 0) is 0 Å². The van der Waals surface area contributed by atoms with Crippen molar-refractivity contribution in [1.82, 2.24) is 0 Å². The molecular weight excluding hydrogens is 234 g/mol. The Labute approximate surface area is 90.7 Å². The zero-order valence-corrected chi connectivity index (χ0v) is 8.41. The molecule has 1 aromatic carbocycles. The van der Waals surface area contributed by atoms with Crippen LogP contribution in [0.2, 0.25) is 0 Å². The van der Waals surface area contributed by atoms with Crippen LogP contribution in [0.5, 0.6) is 0 Å². The summed E-state index contributed by atoms with van der Waals surface area (Å²) in [7, 11) is 0. The van der Waals surface area contributed by atoms with E-state index in [1.54, 1.807) is 0 Å². The van der Waals surface area contributed by atoms with Gasteiger partial charge in [-0.25, -0.2) is 17.6 Å². The standard InChI is InChI=1S/C9H9F4N.ClH/c10-5-1-2-7(11)6(3-5)8(14)4-9(12)13;/h1-3,8-9H,4,14H2;1H/t8-;/m0./s1. The highest BCUT2D eigenvalue weighted by Crippen LogP contribution is 2.21. The van der Waals surface area contributed by atoms with Gasteiger partial charge < -0.3 is 5.73 Å². The molecule has 0 spiro atoms. The predicted molar refractivity (Wildman–Crippen MR) is 51.2 cm³/mol. The number of rotatable bonds is 3. The van der Waals surface area contributed by atoms with Gasteiger partial charge in [0.2, 0.25) is 6.43 Å². The molecule has 15 heavy (non-hydrogen) atoms. The maximum Gasteiger partial charge on any atom is 0.240 e. The number of hydrogen-bond acceptors (Lipinski definition) is 1. The van der Waals surface area contributed by atoms with E-state index in [1.165, 1.54) is 0 Å². The minimum Gasteiger partial charge on any atom is -0.324 e. The van der Waals surface area contributed by atoms with Crippen molar-refractivity contribution in [2.45, 2.75) is 18.9 Å². The van der Waals surface area contributed by atoms with Crippen LogP contribution < -0.4 is 5.73 Å². The molecule has 1 atom stereocenters. The van der Waals surface area contributed by atoms with Crippen molar-refractivity contribution in [3.63, 3.8) is 0 Å². The molecule has 0 amide bonds. The van der Waals surface area contributed by atoms with E-state index in [9.17, 15) is 17.6 Å². The Hall–Kier alpha value is -0.810. The third kappa shape index (κ3) is 4.05. The summed E-state index contributed by atoms with van der Waals surface area (Å²) in [6, 6.07) is 1.44. The lowest BCUT2D eigenvalue weighted by molar-refractivity contribution is 0.128. The molecule has 0 aliphatic rings. The third-order valence-corrected chi connectivity index (χ3v) is 1.79. The Morgan fingerprint density at radius 1 is 1.20 bits per heavy atom.